The van der Waals surface area contributed by atoms with E-state index in [2.05, 4.69) is 20.4 Å². The molecule has 0 fully saturated rings. The average molecular weight is 265 g/mol. The van der Waals surface area contributed by atoms with E-state index in [4.69, 9.17) is 4.74 Å². The number of nitrogens with zero attached hydrogens (tertiary/aromatic N) is 3. The molecule has 0 unspecified atom stereocenters. The Morgan fingerprint density at radius 1 is 1.47 bits per heavy atom. The first-order valence-electron chi connectivity index (χ1n) is 6.15. The lowest BCUT2D eigenvalue weighted by molar-refractivity contribution is 0.210. The Balaban J connectivity index is 2.45. The second-order valence-corrected chi connectivity index (χ2v) is 5.30. The highest BCUT2D eigenvalue weighted by Gasteiger charge is 2.19. The molecule has 2 aromatic rings. The number of aromatic amines is 1. The highest BCUT2D eigenvalue weighted by Crippen LogP contribution is 2.18. The number of fused-ring (bicyclic) bond motifs is 1. The maximum atomic E-state index is 12.0. The summed E-state index contributed by atoms with van der Waals surface area (Å²) < 4.78 is 6.69. The fourth-order valence-electron chi connectivity index (χ4n) is 1.76. The number of hydrogen-bond acceptors (Lipinski definition) is 5. The minimum absolute atomic E-state index is 0.194. The van der Waals surface area contributed by atoms with Crippen molar-refractivity contribution in [3.63, 3.8) is 0 Å². The molecule has 2 rings (SSSR count). The quantitative estimate of drug-likeness (QED) is 0.803. The van der Waals surface area contributed by atoms with Crippen molar-refractivity contribution >= 4 is 17.0 Å². The number of H-pyrrole nitrogens is 1. The van der Waals surface area contributed by atoms with Crippen LogP contribution in [0.1, 0.15) is 20.8 Å². The van der Waals surface area contributed by atoms with Crippen LogP contribution in [0, 0.1) is 0 Å². The topological polar surface area (TPSA) is 84.8 Å². The normalized spacial score (nSPS) is 12.0. The standard InChI is InChI=1S/C12H19N5O2/c1-12(2,3)17-9-8(7-14-17)10(18)16-11(15-9)13-5-6-19-4/h7H,5-6H2,1-4H3,(H2,13,15,16,18). The van der Waals surface area contributed by atoms with Crippen LogP contribution in [-0.2, 0) is 10.3 Å². The summed E-state index contributed by atoms with van der Waals surface area (Å²) in [6.45, 7) is 7.16. The molecule has 0 saturated carbocycles. The Bertz CT molecular complexity index is 623. The van der Waals surface area contributed by atoms with E-state index in [1.807, 2.05) is 20.8 Å². The number of rotatable bonds is 4. The van der Waals surface area contributed by atoms with Gasteiger partial charge in [0.05, 0.1) is 18.3 Å². The van der Waals surface area contributed by atoms with Gasteiger partial charge in [-0.25, -0.2) is 4.68 Å². The van der Waals surface area contributed by atoms with Gasteiger partial charge in [-0.05, 0) is 20.8 Å². The highest BCUT2D eigenvalue weighted by molar-refractivity contribution is 5.74. The van der Waals surface area contributed by atoms with Gasteiger partial charge in [-0.1, -0.05) is 0 Å². The van der Waals surface area contributed by atoms with Gasteiger partial charge in [0.1, 0.15) is 5.39 Å². The van der Waals surface area contributed by atoms with Gasteiger partial charge < -0.3 is 10.1 Å². The number of hydrogen-bond donors (Lipinski definition) is 2. The molecule has 0 aliphatic rings. The van der Waals surface area contributed by atoms with Crippen LogP contribution in [0.5, 0.6) is 0 Å². The third kappa shape index (κ3) is 2.76. The SMILES string of the molecule is COCCNc1nc2c(cnn2C(C)(C)C)c(=O)[nH]1. The lowest BCUT2D eigenvalue weighted by Gasteiger charge is -2.19. The first-order chi connectivity index (χ1) is 8.93. The van der Waals surface area contributed by atoms with E-state index in [0.717, 1.165) is 0 Å². The molecule has 0 amide bonds. The Hall–Kier alpha value is -1.89. The molecule has 7 nitrogen and oxygen atoms in total. The van der Waals surface area contributed by atoms with Crippen molar-refractivity contribution in [2.45, 2.75) is 26.3 Å². The molecule has 0 radical (unpaired) electrons. The van der Waals surface area contributed by atoms with Crippen LogP contribution in [0.15, 0.2) is 11.0 Å². The van der Waals surface area contributed by atoms with Gasteiger partial charge in [0.25, 0.3) is 5.56 Å². The predicted molar refractivity (Wildman–Crippen MR) is 73.5 cm³/mol. The minimum atomic E-state index is -0.230. The van der Waals surface area contributed by atoms with E-state index >= 15 is 0 Å². The number of nitrogens with one attached hydrogen (secondary N) is 2. The van der Waals surface area contributed by atoms with Crippen LogP contribution in [0.4, 0.5) is 5.95 Å². The molecule has 2 heterocycles. The lowest BCUT2D eigenvalue weighted by Crippen LogP contribution is -2.24. The molecule has 7 heteroatoms. The molecule has 104 valence electrons. The van der Waals surface area contributed by atoms with Crippen LogP contribution >= 0.6 is 0 Å². The summed E-state index contributed by atoms with van der Waals surface area (Å²) >= 11 is 0. The number of ether oxygens (including phenoxy) is 1. The summed E-state index contributed by atoms with van der Waals surface area (Å²) in [5.74, 6) is 0.431. The molecule has 0 saturated heterocycles. The molecular formula is C12H19N5O2. The molecule has 0 aliphatic heterocycles. The second-order valence-electron chi connectivity index (χ2n) is 5.30. The molecule has 0 aromatic carbocycles. The molecule has 0 atom stereocenters. The summed E-state index contributed by atoms with van der Waals surface area (Å²) in [4.78, 5) is 19.1. The van der Waals surface area contributed by atoms with Crippen molar-refractivity contribution in [1.82, 2.24) is 19.7 Å². The van der Waals surface area contributed by atoms with E-state index in [-0.39, 0.29) is 11.1 Å². The number of aromatic nitrogens is 4. The fraction of sp³-hybridized carbons (Fsp3) is 0.583. The Labute approximate surface area is 111 Å². The maximum Gasteiger partial charge on any atom is 0.263 e. The summed E-state index contributed by atoms with van der Waals surface area (Å²) in [5.41, 5.74) is 0.156. The minimum Gasteiger partial charge on any atom is -0.383 e. The van der Waals surface area contributed by atoms with E-state index in [1.165, 1.54) is 0 Å². The van der Waals surface area contributed by atoms with Crippen LogP contribution in [0.2, 0.25) is 0 Å². The molecule has 2 aromatic heterocycles. The third-order valence-corrected chi connectivity index (χ3v) is 2.67. The zero-order chi connectivity index (χ0) is 14.0. The van der Waals surface area contributed by atoms with Gasteiger partial charge in [-0.15, -0.1) is 0 Å². The summed E-state index contributed by atoms with van der Waals surface area (Å²) in [7, 11) is 1.62. The first kappa shape index (κ1) is 13.5. The van der Waals surface area contributed by atoms with E-state index in [1.54, 1.807) is 18.0 Å². The van der Waals surface area contributed by atoms with Crippen molar-refractivity contribution in [3.8, 4) is 0 Å². The van der Waals surface area contributed by atoms with Crippen molar-refractivity contribution in [2.24, 2.45) is 0 Å². The van der Waals surface area contributed by atoms with E-state index in [9.17, 15) is 4.79 Å². The van der Waals surface area contributed by atoms with Crippen LogP contribution in [0.3, 0.4) is 0 Å². The molecule has 0 aliphatic carbocycles. The van der Waals surface area contributed by atoms with Gasteiger partial charge in [0.15, 0.2) is 5.65 Å². The van der Waals surface area contributed by atoms with Crippen LogP contribution < -0.4 is 10.9 Å². The zero-order valence-corrected chi connectivity index (χ0v) is 11.6. The number of anilines is 1. The molecule has 0 bridgehead atoms. The van der Waals surface area contributed by atoms with Crippen molar-refractivity contribution < 1.29 is 4.74 Å². The predicted octanol–water partition coefficient (Wildman–Crippen LogP) is 0.933. The molecule has 19 heavy (non-hydrogen) atoms. The van der Waals surface area contributed by atoms with Crippen LogP contribution in [0.25, 0.3) is 11.0 Å². The van der Waals surface area contributed by atoms with Gasteiger partial charge in [0, 0.05) is 13.7 Å². The van der Waals surface area contributed by atoms with Crippen molar-refractivity contribution in [2.75, 3.05) is 25.6 Å². The Morgan fingerprint density at radius 2 is 2.21 bits per heavy atom. The third-order valence-electron chi connectivity index (χ3n) is 2.67. The van der Waals surface area contributed by atoms with Gasteiger partial charge in [-0.3, -0.25) is 9.78 Å². The average Bonchev–Trinajstić information content (AvgIpc) is 2.73. The number of methoxy groups -OCH3 is 1. The summed E-state index contributed by atoms with van der Waals surface area (Å²) in [6, 6.07) is 0. The van der Waals surface area contributed by atoms with Gasteiger partial charge >= 0.3 is 0 Å². The largest absolute Gasteiger partial charge is 0.383 e. The van der Waals surface area contributed by atoms with Crippen molar-refractivity contribution in [3.05, 3.63) is 16.6 Å². The fourth-order valence-corrected chi connectivity index (χ4v) is 1.76. The second kappa shape index (κ2) is 5.00. The first-order valence-corrected chi connectivity index (χ1v) is 6.15. The van der Waals surface area contributed by atoms with Gasteiger partial charge in [-0.2, -0.15) is 10.1 Å². The smallest absolute Gasteiger partial charge is 0.263 e. The zero-order valence-electron chi connectivity index (χ0n) is 11.6. The monoisotopic (exact) mass is 265 g/mol. The van der Waals surface area contributed by atoms with Crippen molar-refractivity contribution in [1.29, 1.82) is 0 Å². The highest BCUT2D eigenvalue weighted by atomic mass is 16.5. The Morgan fingerprint density at radius 3 is 2.84 bits per heavy atom. The van der Waals surface area contributed by atoms with Gasteiger partial charge in [0.2, 0.25) is 5.95 Å². The molecule has 0 spiro atoms. The Kier molecular flexibility index (Phi) is 3.57. The maximum absolute atomic E-state index is 12.0. The summed E-state index contributed by atoms with van der Waals surface area (Å²) in [5, 5.41) is 7.75. The van der Waals surface area contributed by atoms with E-state index in [0.29, 0.717) is 30.1 Å². The molecule has 2 N–H and O–H groups in total. The molecular weight excluding hydrogens is 246 g/mol. The van der Waals surface area contributed by atoms with E-state index < -0.39 is 0 Å². The summed E-state index contributed by atoms with van der Waals surface area (Å²) in [6.07, 6.45) is 1.55. The lowest BCUT2D eigenvalue weighted by atomic mass is 10.1. The van der Waals surface area contributed by atoms with Crippen LogP contribution in [-0.4, -0.2) is 40.0 Å².